The minimum absolute atomic E-state index is 0.0312. The molecule has 0 aliphatic heterocycles. The third kappa shape index (κ3) is 7.61. The largest absolute Gasteiger partial charge is 0.493 e. The van der Waals surface area contributed by atoms with Gasteiger partial charge in [-0.3, -0.25) is 13.9 Å². The number of carbonyl (C=O) groups excluding carboxylic acids is 2. The van der Waals surface area contributed by atoms with Crippen LogP contribution in [0, 0.1) is 13.8 Å². The van der Waals surface area contributed by atoms with E-state index >= 15 is 0 Å². The lowest BCUT2D eigenvalue weighted by Crippen LogP contribution is -2.52. The Morgan fingerprint density at radius 1 is 0.905 bits per heavy atom. The van der Waals surface area contributed by atoms with Crippen LogP contribution in [0.3, 0.4) is 0 Å². The normalized spacial score (nSPS) is 12.6. The van der Waals surface area contributed by atoms with Crippen LogP contribution in [0.4, 0.5) is 5.69 Å². The van der Waals surface area contributed by atoms with E-state index in [0.29, 0.717) is 11.5 Å². The predicted molar refractivity (Wildman–Crippen MR) is 164 cm³/mol. The fraction of sp³-hybridized carbons (Fsp3) is 0.375. The first kappa shape index (κ1) is 32.5. The quantitative estimate of drug-likeness (QED) is 0.303. The van der Waals surface area contributed by atoms with E-state index in [9.17, 15) is 18.0 Å². The van der Waals surface area contributed by atoms with Gasteiger partial charge in [-0.05, 0) is 69.5 Å². The monoisotopic (exact) mass is 595 g/mol. The lowest BCUT2D eigenvalue weighted by molar-refractivity contribution is -0.139. The lowest BCUT2D eigenvalue weighted by atomic mass is 10.1. The summed E-state index contributed by atoms with van der Waals surface area (Å²) in [5.41, 5.74) is 2.92. The Bertz CT molecular complexity index is 1490. The average Bonchev–Trinajstić information content (AvgIpc) is 2.98. The van der Waals surface area contributed by atoms with E-state index in [0.717, 1.165) is 27.4 Å². The summed E-state index contributed by atoms with van der Waals surface area (Å²) in [4.78, 5) is 28.8. The minimum atomic E-state index is -4.21. The molecule has 0 aliphatic rings. The van der Waals surface area contributed by atoms with Gasteiger partial charge in [-0.2, -0.15) is 0 Å². The molecule has 0 spiro atoms. The van der Waals surface area contributed by atoms with Crippen LogP contribution in [0.1, 0.15) is 43.9 Å². The number of rotatable bonds is 13. The van der Waals surface area contributed by atoms with Crippen LogP contribution < -0.4 is 19.1 Å². The second kappa shape index (κ2) is 14.2. The standard InChI is InChI=1S/C32H41N3O6S/c1-8-24(4)33-32(37)25(5)34(20-26-12-10-9-11-23(26)3)31(36)21-35(27-15-18-29(40-6)30(19-27)41-7)42(38,39)28-16-13-22(2)14-17-28/h9-19,24-25H,8,20-21H2,1-7H3,(H,33,37)/t24-,25-/m0/s1. The SMILES string of the molecule is CC[C@H](C)NC(=O)[C@H](C)N(Cc1ccccc1C)C(=O)CN(c1ccc(OC)c(OC)c1)S(=O)(=O)c1ccc(C)cc1. The third-order valence-corrected chi connectivity index (χ3v) is 9.10. The molecule has 9 nitrogen and oxygen atoms in total. The highest BCUT2D eigenvalue weighted by Crippen LogP contribution is 2.34. The molecule has 0 heterocycles. The van der Waals surface area contributed by atoms with Gasteiger partial charge in [0.05, 0.1) is 24.8 Å². The van der Waals surface area contributed by atoms with E-state index in [4.69, 9.17) is 9.47 Å². The van der Waals surface area contributed by atoms with Gasteiger partial charge in [-0.15, -0.1) is 0 Å². The zero-order chi connectivity index (χ0) is 31.0. The van der Waals surface area contributed by atoms with E-state index in [2.05, 4.69) is 5.32 Å². The molecule has 42 heavy (non-hydrogen) atoms. The molecule has 1 N–H and O–H groups in total. The minimum Gasteiger partial charge on any atom is -0.493 e. The summed E-state index contributed by atoms with van der Waals surface area (Å²) in [7, 11) is -1.27. The van der Waals surface area contributed by atoms with Crippen LogP contribution in [-0.2, 0) is 26.2 Å². The first-order valence-electron chi connectivity index (χ1n) is 13.9. The molecule has 0 aromatic heterocycles. The van der Waals surface area contributed by atoms with Crippen molar-refractivity contribution >= 4 is 27.5 Å². The molecule has 3 aromatic carbocycles. The summed E-state index contributed by atoms with van der Waals surface area (Å²) in [5.74, 6) is -0.123. The lowest BCUT2D eigenvalue weighted by Gasteiger charge is -2.33. The molecule has 2 amide bonds. The van der Waals surface area contributed by atoms with Crippen molar-refractivity contribution in [1.82, 2.24) is 10.2 Å². The molecule has 0 saturated heterocycles. The van der Waals surface area contributed by atoms with Gasteiger partial charge in [0.15, 0.2) is 11.5 Å². The van der Waals surface area contributed by atoms with Crippen molar-refractivity contribution in [2.24, 2.45) is 0 Å². The number of aryl methyl sites for hydroxylation is 2. The molecule has 0 radical (unpaired) electrons. The molecule has 0 bridgehead atoms. The highest BCUT2D eigenvalue weighted by atomic mass is 32.2. The Kier molecular flexibility index (Phi) is 11.0. The average molecular weight is 596 g/mol. The van der Waals surface area contributed by atoms with Crippen molar-refractivity contribution in [3.8, 4) is 11.5 Å². The highest BCUT2D eigenvalue weighted by molar-refractivity contribution is 7.92. The van der Waals surface area contributed by atoms with Gasteiger partial charge in [-0.25, -0.2) is 8.42 Å². The topological polar surface area (TPSA) is 105 Å². The van der Waals surface area contributed by atoms with Gasteiger partial charge in [0.25, 0.3) is 10.0 Å². The van der Waals surface area contributed by atoms with Gasteiger partial charge >= 0.3 is 0 Å². The molecular weight excluding hydrogens is 554 g/mol. The fourth-order valence-corrected chi connectivity index (χ4v) is 5.77. The number of hydrogen-bond acceptors (Lipinski definition) is 6. The zero-order valence-corrected chi connectivity index (χ0v) is 26.2. The summed E-state index contributed by atoms with van der Waals surface area (Å²) in [6.07, 6.45) is 0.728. The first-order valence-corrected chi connectivity index (χ1v) is 15.3. The third-order valence-electron chi connectivity index (χ3n) is 7.31. The summed E-state index contributed by atoms with van der Waals surface area (Å²) >= 11 is 0. The Labute approximate surface area is 249 Å². The van der Waals surface area contributed by atoms with Crippen LogP contribution >= 0.6 is 0 Å². The number of amides is 2. The summed E-state index contributed by atoms with van der Waals surface area (Å²) < 4.78 is 39.9. The summed E-state index contributed by atoms with van der Waals surface area (Å²) in [5, 5.41) is 2.94. The Hall–Kier alpha value is -4.05. The summed E-state index contributed by atoms with van der Waals surface area (Å²) in [6, 6.07) is 17.7. The van der Waals surface area contributed by atoms with Crippen molar-refractivity contribution in [1.29, 1.82) is 0 Å². The molecule has 3 aromatic rings. The number of ether oxygens (including phenoxy) is 2. The van der Waals surface area contributed by atoms with Crippen molar-refractivity contribution < 1.29 is 27.5 Å². The zero-order valence-electron chi connectivity index (χ0n) is 25.4. The molecular formula is C32H41N3O6S. The van der Waals surface area contributed by atoms with Crippen LogP contribution in [0.15, 0.2) is 71.6 Å². The maximum absolute atomic E-state index is 14.1. The Balaban J connectivity index is 2.10. The van der Waals surface area contributed by atoms with Crippen LogP contribution in [0.2, 0.25) is 0 Å². The molecule has 0 fully saturated rings. The van der Waals surface area contributed by atoms with Crippen molar-refractivity contribution in [3.05, 3.63) is 83.4 Å². The molecule has 0 unspecified atom stereocenters. The van der Waals surface area contributed by atoms with Crippen LogP contribution in [0.25, 0.3) is 0 Å². The number of benzene rings is 3. The number of anilines is 1. The number of nitrogens with one attached hydrogen (secondary N) is 1. The number of carbonyl (C=O) groups is 2. The highest BCUT2D eigenvalue weighted by Gasteiger charge is 2.33. The first-order chi connectivity index (χ1) is 19.9. The number of sulfonamides is 1. The van der Waals surface area contributed by atoms with E-state index in [1.807, 2.05) is 52.0 Å². The van der Waals surface area contributed by atoms with Crippen molar-refractivity contribution in [2.75, 3.05) is 25.1 Å². The Morgan fingerprint density at radius 3 is 2.14 bits per heavy atom. The van der Waals surface area contributed by atoms with E-state index in [-0.39, 0.29) is 29.1 Å². The van der Waals surface area contributed by atoms with E-state index in [1.165, 1.54) is 37.3 Å². The van der Waals surface area contributed by atoms with Gasteiger partial charge in [0.1, 0.15) is 12.6 Å². The predicted octanol–water partition coefficient (Wildman–Crippen LogP) is 4.85. The number of hydrogen-bond donors (Lipinski definition) is 1. The van der Waals surface area contributed by atoms with Crippen LogP contribution in [0.5, 0.6) is 11.5 Å². The van der Waals surface area contributed by atoms with E-state index < -0.39 is 28.5 Å². The van der Waals surface area contributed by atoms with E-state index in [1.54, 1.807) is 31.2 Å². The molecule has 10 heteroatoms. The maximum Gasteiger partial charge on any atom is 0.264 e. The molecule has 3 rings (SSSR count). The van der Waals surface area contributed by atoms with Crippen molar-refractivity contribution in [3.63, 3.8) is 0 Å². The van der Waals surface area contributed by atoms with Gasteiger partial charge in [0.2, 0.25) is 11.8 Å². The van der Waals surface area contributed by atoms with Gasteiger partial charge in [0, 0.05) is 18.7 Å². The Morgan fingerprint density at radius 2 is 1.55 bits per heavy atom. The second-order valence-electron chi connectivity index (χ2n) is 10.3. The molecule has 0 aliphatic carbocycles. The molecule has 2 atom stereocenters. The fourth-order valence-electron chi connectivity index (χ4n) is 4.37. The number of nitrogens with zero attached hydrogens (tertiary/aromatic N) is 2. The molecule has 0 saturated carbocycles. The van der Waals surface area contributed by atoms with Crippen LogP contribution in [-0.4, -0.2) is 58.0 Å². The summed E-state index contributed by atoms with van der Waals surface area (Å²) in [6.45, 7) is 8.89. The van der Waals surface area contributed by atoms with Crippen molar-refractivity contribution in [2.45, 2.75) is 64.6 Å². The van der Waals surface area contributed by atoms with Gasteiger partial charge in [-0.1, -0.05) is 48.9 Å². The smallest absolute Gasteiger partial charge is 0.264 e. The number of methoxy groups -OCH3 is 2. The second-order valence-corrected chi connectivity index (χ2v) is 12.2. The molecule has 226 valence electrons. The maximum atomic E-state index is 14.1. The van der Waals surface area contributed by atoms with Gasteiger partial charge < -0.3 is 19.7 Å².